The van der Waals surface area contributed by atoms with E-state index in [9.17, 15) is 14.7 Å². The minimum Gasteiger partial charge on any atom is -0.507 e. The van der Waals surface area contributed by atoms with Crippen LogP contribution in [0.5, 0.6) is 11.5 Å². The normalized spacial score (nSPS) is 18.7. The van der Waals surface area contributed by atoms with Crippen LogP contribution in [0.3, 0.4) is 0 Å². The average molecular weight is 485 g/mol. The van der Waals surface area contributed by atoms with Crippen molar-refractivity contribution in [3.8, 4) is 11.5 Å². The third-order valence-corrected chi connectivity index (χ3v) is 6.69. The monoisotopic (exact) mass is 484 g/mol. The number of nitrogens with zero attached hydrogens (tertiary/aromatic N) is 2. The van der Waals surface area contributed by atoms with Crippen molar-refractivity contribution < 1.29 is 24.2 Å². The summed E-state index contributed by atoms with van der Waals surface area (Å²) in [7, 11) is 3.52. The number of aryl methyl sites for hydroxylation is 2. The summed E-state index contributed by atoms with van der Waals surface area (Å²) in [5, 5.41) is 11.5. The number of rotatable bonds is 4. The van der Waals surface area contributed by atoms with Gasteiger partial charge in [0.2, 0.25) is 0 Å². The molecule has 184 valence electrons. The van der Waals surface area contributed by atoms with Crippen molar-refractivity contribution in [3.05, 3.63) is 88.5 Å². The molecule has 3 aromatic carbocycles. The Bertz CT molecular complexity index is 1370. The van der Waals surface area contributed by atoms with Crippen LogP contribution in [-0.4, -0.2) is 44.1 Å². The molecule has 0 aliphatic carbocycles. The molecule has 5 rings (SSSR count). The molecule has 1 fully saturated rings. The van der Waals surface area contributed by atoms with Crippen molar-refractivity contribution in [2.45, 2.75) is 19.9 Å². The van der Waals surface area contributed by atoms with Gasteiger partial charge < -0.3 is 19.5 Å². The number of hydrogen-bond donors (Lipinski definition) is 1. The van der Waals surface area contributed by atoms with E-state index in [4.69, 9.17) is 9.47 Å². The summed E-state index contributed by atoms with van der Waals surface area (Å²) in [5.41, 5.74) is 4.54. The predicted octanol–water partition coefficient (Wildman–Crippen LogP) is 4.77. The van der Waals surface area contributed by atoms with Gasteiger partial charge in [-0.25, -0.2) is 0 Å². The number of aliphatic hydroxyl groups excluding tert-OH is 1. The number of ketones is 1. The Hall–Kier alpha value is -4.26. The number of benzene rings is 3. The van der Waals surface area contributed by atoms with Crippen LogP contribution in [0.25, 0.3) is 5.76 Å². The maximum atomic E-state index is 13.5. The topological polar surface area (TPSA) is 79.3 Å². The number of aliphatic hydroxyl groups is 1. The van der Waals surface area contributed by atoms with Crippen molar-refractivity contribution in [1.29, 1.82) is 0 Å². The van der Waals surface area contributed by atoms with Crippen molar-refractivity contribution in [3.63, 3.8) is 0 Å². The highest BCUT2D eigenvalue weighted by molar-refractivity contribution is 6.51. The largest absolute Gasteiger partial charge is 0.507 e. The van der Waals surface area contributed by atoms with Crippen molar-refractivity contribution in [2.24, 2.45) is 0 Å². The molecule has 0 spiro atoms. The molecule has 0 aromatic heterocycles. The van der Waals surface area contributed by atoms with Gasteiger partial charge >= 0.3 is 0 Å². The number of fused-ring (bicyclic) bond motifs is 1. The summed E-state index contributed by atoms with van der Waals surface area (Å²) in [6, 6.07) is 17.4. The number of likely N-dealkylation sites (N-methyl/N-ethyl adjacent to an activating group) is 1. The molecule has 1 amide bonds. The summed E-state index contributed by atoms with van der Waals surface area (Å²) in [6.45, 7) is 5.18. The highest BCUT2D eigenvalue weighted by Gasteiger charge is 2.47. The molecule has 0 saturated carbocycles. The number of ether oxygens (including phenoxy) is 2. The van der Waals surface area contributed by atoms with Crippen LogP contribution in [0.1, 0.15) is 28.3 Å². The molecule has 3 aromatic rings. The molecular formula is C29H28N2O5. The second-order valence-electron chi connectivity index (χ2n) is 9.24. The van der Waals surface area contributed by atoms with Gasteiger partial charge in [-0.2, -0.15) is 0 Å². The first-order chi connectivity index (χ1) is 17.3. The Morgan fingerprint density at radius 3 is 2.36 bits per heavy atom. The molecule has 36 heavy (non-hydrogen) atoms. The van der Waals surface area contributed by atoms with Crippen molar-refractivity contribution in [2.75, 3.05) is 37.1 Å². The average Bonchev–Trinajstić information content (AvgIpc) is 3.13. The van der Waals surface area contributed by atoms with E-state index in [1.807, 2.05) is 56.1 Å². The molecule has 0 radical (unpaired) electrons. The smallest absolute Gasteiger partial charge is 0.300 e. The van der Waals surface area contributed by atoms with E-state index in [0.29, 0.717) is 41.5 Å². The number of anilines is 2. The zero-order chi connectivity index (χ0) is 25.6. The Balaban J connectivity index is 1.70. The Morgan fingerprint density at radius 2 is 1.69 bits per heavy atom. The van der Waals surface area contributed by atoms with Gasteiger partial charge in [-0.3, -0.25) is 14.5 Å². The highest BCUT2D eigenvalue weighted by atomic mass is 16.5. The van der Waals surface area contributed by atoms with Crippen LogP contribution in [0.15, 0.2) is 66.2 Å². The van der Waals surface area contributed by atoms with Crippen LogP contribution in [-0.2, 0) is 9.59 Å². The second-order valence-corrected chi connectivity index (χ2v) is 9.24. The maximum Gasteiger partial charge on any atom is 0.300 e. The maximum absolute atomic E-state index is 13.5. The second kappa shape index (κ2) is 9.07. The van der Waals surface area contributed by atoms with Gasteiger partial charge in [-0.1, -0.05) is 18.2 Å². The molecule has 7 heteroatoms. The lowest BCUT2D eigenvalue weighted by Crippen LogP contribution is -2.29. The summed E-state index contributed by atoms with van der Waals surface area (Å²) in [4.78, 5) is 30.4. The van der Waals surface area contributed by atoms with E-state index in [0.717, 1.165) is 16.8 Å². The quantitative estimate of drug-likeness (QED) is 0.327. The van der Waals surface area contributed by atoms with E-state index in [1.54, 1.807) is 37.4 Å². The molecule has 2 heterocycles. The van der Waals surface area contributed by atoms with Gasteiger partial charge in [0, 0.05) is 18.3 Å². The first-order valence-corrected chi connectivity index (χ1v) is 11.8. The standard InChI is InChI=1S/C29H28N2O5/c1-17-13-18(2)15-21(14-17)31-26(19-5-8-22(35-4)9-6-19)25(28(33)29(31)34)27(32)20-7-10-24-23(16-20)30(3)11-12-36-24/h5-10,13-16,26,32H,11-12H2,1-4H3/b27-25-. The fourth-order valence-corrected chi connectivity index (χ4v) is 4.94. The molecule has 1 unspecified atom stereocenters. The highest BCUT2D eigenvalue weighted by Crippen LogP contribution is 2.44. The Labute approximate surface area is 210 Å². The molecule has 2 aliphatic heterocycles. The number of carbonyl (C=O) groups excluding carboxylic acids is 2. The fraction of sp³-hybridized carbons (Fsp3) is 0.241. The van der Waals surface area contributed by atoms with Gasteiger partial charge in [0.05, 0.1) is 31.0 Å². The van der Waals surface area contributed by atoms with E-state index in [1.165, 1.54) is 4.90 Å². The molecule has 7 nitrogen and oxygen atoms in total. The lowest BCUT2D eigenvalue weighted by Gasteiger charge is -2.28. The lowest BCUT2D eigenvalue weighted by molar-refractivity contribution is -0.132. The first kappa shape index (κ1) is 23.5. The van der Waals surface area contributed by atoms with E-state index < -0.39 is 17.7 Å². The zero-order valence-electron chi connectivity index (χ0n) is 20.7. The van der Waals surface area contributed by atoms with Gasteiger partial charge in [0.15, 0.2) is 0 Å². The molecule has 0 bridgehead atoms. The van der Waals surface area contributed by atoms with Crippen LogP contribution >= 0.6 is 0 Å². The van der Waals surface area contributed by atoms with Crippen LogP contribution in [0.4, 0.5) is 11.4 Å². The van der Waals surface area contributed by atoms with Gasteiger partial charge in [0.25, 0.3) is 11.7 Å². The Kier molecular flexibility index (Phi) is 5.92. The molecular weight excluding hydrogens is 456 g/mol. The number of Topliss-reactive ketones (excluding diaryl/α,β-unsaturated/α-hetero) is 1. The van der Waals surface area contributed by atoms with E-state index in [-0.39, 0.29) is 11.3 Å². The van der Waals surface area contributed by atoms with Crippen LogP contribution < -0.4 is 19.3 Å². The summed E-state index contributed by atoms with van der Waals surface area (Å²) in [6.07, 6.45) is 0. The van der Waals surface area contributed by atoms with Crippen molar-refractivity contribution in [1.82, 2.24) is 0 Å². The van der Waals surface area contributed by atoms with Gasteiger partial charge in [0.1, 0.15) is 23.9 Å². The van der Waals surface area contributed by atoms with E-state index in [2.05, 4.69) is 0 Å². The van der Waals surface area contributed by atoms with Crippen LogP contribution in [0, 0.1) is 13.8 Å². The molecule has 2 aliphatic rings. The predicted molar refractivity (Wildman–Crippen MR) is 139 cm³/mol. The third-order valence-electron chi connectivity index (χ3n) is 6.69. The number of carbonyl (C=O) groups is 2. The van der Waals surface area contributed by atoms with Crippen molar-refractivity contribution >= 4 is 28.8 Å². The van der Waals surface area contributed by atoms with Gasteiger partial charge in [-0.15, -0.1) is 0 Å². The SMILES string of the molecule is COc1ccc(C2/C(=C(/O)c3ccc4c(c3)N(C)CCO4)C(=O)C(=O)N2c2cc(C)cc(C)c2)cc1. The zero-order valence-corrected chi connectivity index (χ0v) is 20.7. The van der Waals surface area contributed by atoms with Crippen LogP contribution in [0.2, 0.25) is 0 Å². The Morgan fingerprint density at radius 1 is 1.00 bits per heavy atom. The molecule has 1 atom stereocenters. The number of hydrogen-bond acceptors (Lipinski definition) is 6. The molecule has 1 N–H and O–H groups in total. The number of amides is 1. The van der Waals surface area contributed by atoms with E-state index >= 15 is 0 Å². The lowest BCUT2D eigenvalue weighted by atomic mass is 9.94. The fourth-order valence-electron chi connectivity index (χ4n) is 4.94. The molecule has 1 saturated heterocycles. The first-order valence-electron chi connectivity index (χ1n) is 11.8. The van der Waals surface area contributed by atoms with Gasteiger partial charge in [-0.05, 0) is 73.0 Å². The third kappa shape index (κ3) is 3.96. The summed E-state index contributed by atoms with van der Waals surface area (Å²) in [5.74, 6) is -0.263. The summed E-state index contributed by atoms with van der Waals surface area (Å²) < 4.78 is 11.0. The minimum atomic E-state index is -0.804. The number of methoxy groups -OCH3 is 1. The summed E-state index contributed by atoms with van der Waals surface area (Å²) >= 11 is 0. The minimum absolute atomic E-state index is 0.0451.